The number of hydrogen-bond acceptors (Lipinski definition) is 3. The van der Waals surface area contributed by atoms with Gasteiger partial charge in [-0.2, -0.15) is 0 Å². The maximum Gasteiger partial charge on any atom is 0.123 e. The van der Waals surface area contributed by atoms with Crippen LogP contribution in [0.4, 0.5) is 4.39 Å². The first kappa shape index (κ1) is 13.5. The van der Waals surface area contributed by atoms with E-state index in [4.69, 9.17) is 4.74 Å². The molecule has 1 aliphatic heterocycles. The summed E-state index contributed by atoms with van der Waals surface area (Å²) in [7, 11) is 3.61. The first-order valence-corrected chi connectivity index (χ1v) is 6.18. The lowest BCUT2D eigenvalue weighted by atomic mass is 9.75. The van der Waals surface area contributed by atoms with Crippen LogP contribution < -0.4 is 0 Å². The average molecular weight is 253 g/mol. The first-order chi connectivity index (χ1) is 8.48. The summed E-state index contributed by atoms with van der Waals surface area (Å²) in [4.78, 5) is 2.14. The highest BCUT2D eigenvalue weighted by Gasteiger charge is 2.47. The SMILES string of the molecule is COC1CN(C)CC(C)C1(O)c1ccc(F)cc1. The number of methoxy groups -OCH3 is 1. The Morgan fingerprint density at radius 1 is 1.33 bits per heavy atom. The molecule has 1 fully saturated rings. The fourth-order valence-electron chi connectivity index (χ4n) is 2.86. The van der Waals surface area contributed by atoms with Crippen molar-refractivity contribution in [2.75, 3.05) is 27.2 Å². The van der Waals surface area contributed by atoms with Crippen molar-refractivity contribution in [2.45, 2.75) is 18.6 Å². The van der Waals surface area contributed by atoms with Gasteiger partial charge in [-0.3, -0.25) is 0 Å². The molecule has 1 aliphatic rings. The molecule has 0 amide bonds. The minimum absolute atomic E-state index is 0.0201. The van der Waals surface area contributed by atoms with Crippen LogP contribution in [0.1, 0.15) is 12.5 Å². The number of likely N-dealkylation sites (N-methyl/N-ethyl adjacent to an activating group) is 1. The highest BCUT2D eigenvalue weighted by Crippen LogP contribution is 2.38. The number of halogens is 1. The number of ether oxygens (including phenoxy) is 1. The summed E-state index contributed by atoms with van der Waals surface area (Å²) >= 11 is 0. The molecule has 1 saturated heterocycles. The van der Waals surface area contributed by atoms with Gasteiger partial charge in [0.05, 0.1) is 0 Å². The molecule has 1 heterocycles. The van der Waals surface area contributed by atoms with E-state index in [1.165, 1.54) is 12.1 Å². The maximum atomic E-state index is 13.0. The second kappa shape index (κ2) is 4.96. The van der Waals surface area contributed by atoms with Crippen molar-refractivity contribution in [1.82, 2.24) is 4.90 Å². The van der Waals surface area contributed by atoms with Crippen molar-refractivity contribution in [3.8, 4) is 0 Å². The van der Waals surface area contributed by atoms with E-state index in [1.807, 2.05) is 14.0 Å². The largest absolute Gasteiger partial charge is 0.382 e. The predicted octanol–water partition coefficient (Wildman–Crippen LogP) is 1.61. The fraction of sp³-hybridized carbons (Fsp3) is 0.571. The fourth-order valence-corrected chi connectivity index (χ4v) is 2.86. The number of likely N-dealkylation sites (tertiary alicyclic amines) is 1. The van der Waals surface area contributed by atoms with Gasteiger partial charge in [0.15, 0.2) is 0 Å². The standard InChI is InChI=1S/C14H20FNO2/c1-10-8-16(2)9-13(18-3)14(10,17)11-4-6-12(15)7-5-11/h4-7,10,13,17H,8-9H2,1-3H3. The van der Waals surface area contributed by atoms with Crippen molar-refractivity contribution < 1.29 is 14.2 Å². The van der Waals surface area contributed by atoms with Gasteiger partial charge >= 0.3 is 0 Å². The Hall–Kier alpha value is -0.970. The molecule has 1 N–H and O–H groups in total. The Balaban J connectivity index is 2.39. The molecule has 2 rings (SSSR count). The normalized spacial score (nSPS) is 33.6. The van der Waals surface area contributed by atoms with Crippen LogP contribution in [0.25, 0.3) is 0 Å². The lowest BCUT2D eigenvalue weighted by Gasteiger charge is -2.47. The van der Waals surface area contributed by atoms with Gasteiger partial charge in [0.1, 0.15) is 17.5 Å². The van der Waals surface area contributed by atoms with Gasteiger partial charge in [0, 0.05) is 26.1 Å². The van der Waals surface area contributed by atoms with Gasteiger partial charge < -0.3 is 14.7 Å². The highest BCUT2D eigenvalue weighted by atomic mass is 19.1. The third-order valence-electron chi connectivity index (χ3n) is 3.90. The van der Waals surface area contributed by atoms with Gasteiger partial charge in [-0.1, -0.05) is 19.1 Å². The predicted molar refractivity (Wildman–Crippen MR) is 67.8 cm³/mol. The number of piperidine rings is 1. The molecule has 18 heavy (non-hydrogen) atoms. The number of aliphatic hydroxyl groups is 1. The molecule has 0 aromatic heterocycles. The molecule has 4 heteroatoms. The van der Waals surface area contributed by atoms with Gasteiger partial charge in [0.2, 0.25) is 0 Å². The van der Waals surface area contributed by atoms with Gasteiger partial charge in [-0.25, -0.2) is 4.39 Å². The van der Waals surface area contributed by atoms with Crippen molar-refractivity contribution in [1.29, 1.82) is 0 Å². The van der Waals surface area contributed by atoms with E-state index < -0.39 is 5.60 Å². The third kappa shape index (κ3) is 2.16. The van der Waals surface area contributed by atoms with E-state index in [1.54, 1.807) is 19.2 Å². The van der Waals surface area contributed by atoms with E-state index in [0.717, 1.165) is 12.1 Å². The van der Waals surface area contributed by atoms with Crippen LogP contribution in [-0.2, 0) is 10.3 Å². The Kier molecular flexibility index (Phi) is 3.71. The van der Waals surface area contributed by atoms with Crippen LogP contribution in [0.3, 0.4) is 0 Å². The van der Waals surface area contributed by atoms with Crippen LogP contribution in [0.15, 0.2) is 24.3 Å². The second-order valence-electron chi connectivity index (χ2n) is 5.18. The zero-order chi connectivity index (χ0) is 13.3. The average Bonchev–Trinajstić information content (AvgIpc) is 2.34. The van der Waals surface area contributed by atoms with Gasteiger partial charge in [-0.05, 0) is 24.7 Å². The Morgan fingerprint density at radius 3 is 2.50 bits per heavy atom. The molecule has 100 valence electrons. The van der Waals surface area contributed by atoms with Crippen LogP contribution in [-0.4, -0.2) is 43.4 Å². The number of hydrogen-bond donors (Lipinski definition) is 1. The molecule has 0 spiro atoms. The number of nitrogens with zero attached hydrogens (tertiary/aromatic N) is 1. The summed E-state index contributed by atoms with van der Waals surface area (Å²) < 4.78 is 18.4. The molecule has 3 nitrogen and oxygen atoms in total. The topological polar surface area (TPSA) is 32.7 Å². The van der Waals surface area contributed by atoms with Crippen LogP contribution in [0.2, 0.25) is 0 Å². The number of benzene rings is 1. The summed E-state index contributed by atoms with van der Waals surface area (Å²) in [6, 6.07) is 6.04. The molecule has 1 aromatic carbocycles. The molecular formula is C14H20FNO2. The molecule has 0 aliphatic carbocycles. The quantitative estimate of drug-likeness (QED) is 0.869. The minimum atomic E-state index is -1.06. The van der Waals surface area contributed by atoms with Crippen molar-refractivity contribution >= 4 is 0 Å². The molecule has 3 atom stereocenters. The lowest BCUT2D eigenvalue weighted by molar-refractivity contribution is -0.165. The van der Waals surface area contributed by atoms with Crippen LogP contribution >= 0.6 is 0 Å². The lowest BCUT2D eigenvalue weighted by Crippen LogP contribution is -2.58. The van der Waals surface area contributed by atoms with Crippen LogP contribution in [0.5, 0.6) is 0 Å². The van der Waals surface area contributed by atoms with E-state index >= 15 is 0 Å². The Labute approximate surface area is 107 Å². The van der Waals surface area contributed by atoms with Gasteiger partial charge in [-0.15, -0.1) is 0 Å². The second-order valence-corrected chi connectivity index (χ2v) is 5.18. The Bertz CT molecular complexity index is 409. The highest BCUT2D eigenvalue weighted by molar-refractivity contribution is 5.26. The van der Waals surface area contributed by atoms with E-state index in [-0.39, 0.29) is 17.8 Å². The van der Waals surface area contributed by atoms with Gasteiger partial charge in [0.25, 0.3) is 0 Å². The van der Waals surface area contributed by atoms with E-state index in [0.29, 0.717) is 6.54 Å². The first-order valence-electron chi connectivity index (χ1n) is 6.18. The monoisotopic (exact) mass is 253 g/mol. The van der Waals surface area contributed by atoms with Crippen LogP contribution in [0, 0.1) is 11.7 Å². The molecule has 1 aromatic rings. The number of rotatable bonds is 2. The summed E-state index contributed by atoms with van der Waals surface area (Å²) in [6.45, 7) is 3.44. The smallest absolute Gasteiger partial charge is 0.123 e. The third-order valence-corrected chi connectivity index (χ3v) is 3.90. The maximum absolute atomic E-state index is 13.0. The minimum Gasteiger partial charge on any atom is -0.382 e. The molecule has 3 unspecified atom stereocenters. The van der Waals surface area contributed by atoms with Crippen molar-refractivity contribution in [3.63, 3.8) is 0 Å². The molecule has 0 bridgehead atoms. The van der Waals surface area contributed by atoms with E-state index in [9.17, 15) is 9.50 Å². The molecule has 0 saturated carbocycles. The summed E-state index contributed by atoms with van der Waals surface area (Å²) in [5, 5.41) is 11.0. The summed E-state index contributed by atoms with van der Waals surface area (Å²) in [5.74, 6) is -0.274. The van der Waals surface area contributed by atoms with E-state index in [2.05, 4.69) is 4.90 Å². The zero-order valence-electron chi connectivity index (χ0n) is 11.1. The Morgan fingerprint density at radius 2 is 1.94 bits per heavy atom. The van der Waals surface area contributed by atoms with Crippen molar-refractivity contribution in [3.05, 3.63) is 35.6 Å². The summed E-state index contributed by atoms with van der Waals surface area (Å²) in [6.07, 6.45) is -0.309. The molecule has 0 radical (unpaired) electrons. The van der Waals surface area contributed by atoms with Crippen molar-refractivity contribution in [2.24, 2.45) is 5.92 Å². The summed E-state index contributed by atoms with van der Waals surface area (Å²) in [5.41, 5.74) is -0.342. The zero-order valence-corrected chi connectivity index (χ0v) is 11.1. The molecular weight excluding hydrogens is 233 g/mol.